The number of methoxy groups -OCH3 is 2. The lowest BCUT2D eigenvalue weighted by molar-refractivity contribution is -0.432. The summed E-state index contributed by atoms with van der Waals surface area (Å²) in [5.74, 6) is -16.1. The molecule has 8 nitrogen and oxygen atoms in total. The summed E-state index contributed by atoms with van der Waals surface area (Å²) in [5, 5.41) is 21.6. The van der Waals surface area contributed by atoms with Crippen molar-refractivity contribution in [1.29, 1.82) is 0 Å². The van der Waals surface area contributed by atoms with Crippen LogP contribution in [0.15, 0.2) is 9.79 Å². The minimum atomic E-state index is -1.72. The second-order valence-corrected chi connectivity index (χ2v) is 6.11. The molecule has 2 aromatic carbocycles. The van der Waals surface area contributed by atoms with Crippen LogP contribution in [0, 0.1) is 46.5 Å². The average molecular weight is 520 g/mol. The number of ether oxygens (including phenoxy) is 2. The van der Waals surface area contributed by atoms with Crippen molar-refractivity contribution in [1.82, 2.24) is 0 Å². The summed E-state index contributed by atoms with van der Waals surface area (Å²) in [7, 11) is 1.70. The van der Waals surface area contributed by atoms with E-state index in [1.54, 1.807) is 0 Å². The van der Waals surface area contributed by atoms with Crippen molar-refractivity contribution in [3.8, 4) is 11.5 Å². The summed E-state index contributed by atoms with van der Waals surface area (Å²) in [6, 6.07) is 0. The van der Waals surface area contributed by atoms with Crippen LogP contribution in [0.4, 0.5) is 35.1 Å². The highest BCUT2D eigenvalue weighted by Gasteiger charge is 2.28. The van der Waals surface area contributed by atoms with Crippen molar-refractivity contribution < 1.29 is 73.9 Å². The molecule has 0 radical (unpaired) electrons. The average Bonchev–Trinajstić information content (AvgIpc) is 2.78. The number of hydrogen-bond acceptors (Lipinski definition) is 10. The maximum Gasteiger partial charge on any atom is 0.205 e. The number of benzene rings is 2. The minimum Gasteiger partial charge on any atom is -0.491 e. The Balaban J connectivity index is 0.000000320. The molecule has 2 rings (SSSR count). The molecule has 0 amide bonds. The van der Waals surface area contributed by atoms with Crippen LogP contribution >= 0.6 is 24.1 Å². The van der Waals surface area contributed by atoms with E-state index in [4.69, 9.17) is 10.5 Å². The fourth-order valence-electron chi connectivity index (χ4n) is 1.79. The van der Waals surface area contributed by atoms with Crippen LogP contribution in [-0.2, 0) is 18.7 Å². The lowest BCUT2D eigenvalue weighted by Gasteiger charge is -2.08. The Morgan fingerprint density at radius 1 is 0.500 bits per heavy atom. The topological polar surface area (TPSA) is 95.8 Å². The van der Waals surface area contributed by atoms with Crippen molar-refractivity contribution in [3.63, 3.8) is 0 Å². The largest absolute Gasteiger partial charge is 0.491 e. The molecule has 0 aromatic heterocycles. The molecule has 0 saturated carbocycles. The molecule has 32 heavy (non-hydrogen) atoms. The molecular formula is C14H8F8O8S2. The van der Waals surface area contributed by atoms with Gasteiger partial charge in [-0.2, -0.15) is 17.6 Å². The van der Waals surface area contributed by atoms with E-state index in [-0.39, 0.29) is 24.1 Å². The van der Waals surface area contributed by atoms with Crippen LogP contribution in [0.1, 0.15) is 0 Å². The summed E-state index contributed by atoms with van der Waals surface area (Å²) < 4.78 is 120. The van der Waals surface area contributed by atoms with Gasteiger partial charge in [-0.05, 0) is 0 Å². The predicted molar refractivity (Wildman–Crippen MR) is 87.0 cm³/mol. The molecule has 0 fully saturated rings. The molecule has 0 heterocycles. The van der Waals surface area contributed by atoms with Gasteiger partial charge in [0.2, 0.25) is 23.3 Å². The first-order valence-electron chi connectivity index (χ1n) is 7.18. The Labute approximate surface area is 180 Å². The van der Waals surface area contributed by atoms with Gasteiger partial charge < -0.3 is 9.47 Å². The quantitative estimate of drug-likeness (QED) is 0.156. The molecule has 18 heteroatoms. The van der Waals surface area contributed by atoms with E-state index in [9.17, 15) is 35.1 Å². The van der Waals surface area contributed by atoms with Crippen LogP contribution in [-0.4, -0.2) is 24.7 Å². The zero-order valence-corrected chi connectivity index (χ0v) is 16.8. The Morgan fingerprint density at radius 3 is 0.938 bits per heavy atom. The second kappa shape index (κ2) is 12.8. The van der Waals surface area contributed by atoms with Gasteiger partial charge in [-0.3, -0.25) is 0 Å². The SMILES string of the molecule is COc1c(F)c(F)c(SOOO)c(F)c1F.COc1c(F)c(F)c(SOOO)c(F)c1F. The van der Waals surface area contributed by atoms with E-state index in [2.05, 4.69) is 28.2 Å². The Kier molecular flexibility index (Phi) is 11.2. The highest BCUT2D eigenvalue weighted by atomic mass is 32.2. The maximum atomic E-state index is 13.1. The summed E-state index contributed by atoms with van der Waals surface area (Å²) in [4.78, 5) is -2.30. The normalized spacial score (nSPS) is 10.6. The number of hydrogen-bond donors (Lipinski definition) is 2. The molecule has 0 saturated heterocycles. The van der Waals surface area contributed by atoms with Crippen LogP contribution < -0.4 is 9.47 Å². The van der Waals surface area contributed by atoms with Gasteiger partial charge in [0.05, 0.1) is 38.3 Å². The fourth-order valence-corrected chi connectivity index (χ4v) is 2.63. The fraction of sp³-hybridized carbons (Fsp3) is 0.143. The standard InChI is InChI=1S/2C7H4F4O4S/c2*1-13-6-2(8)4(10)7(16-15-14-12)5(11)3(6)9/h2*12H,1H3. The van der Waals surface area contributed by atoms with Gasteiger partial charge in [0.1, 0.15) is 9.79 Å². The Bertz CT molecular complexity index is 818. The highest BCUT2D eigenvalue weighted by Crippen LogP contribution is 2.36. The van der Waals surface area contributed by atoms with Gasteiger partial charge in [-0.1, -0.05) is 10.1 Å². The Hall–Kier alpha value is -2.06. The first-order valence-corrected chi connectivity index (χ1v) is 8.66. The van der Waals surface area contributed by atoms with E-state index in [0.717, 1.165) is 14.2 Å². The van der Waals surface area contributed by atoms with Crippen molar-refractivity contribution >= 4 is 24.1 Å². The molecule has 0 aliphatic heterocycles. The van der Waals surface area contributed by atoms with Crippen molar-refractivity contribution in [2.75, 3.05) is 14.2 Å². The van der Waals surface area contributed by atoms with E-state index in [1.165, 1.54) is 0 Å². The number of halogens is 8. The summed E-state index contributed by atoms with van der Waals surface area (Å²) in [6.07, 6.45) is 0. The predicted octanol–water partition coefficient (Wildman–Crippen LogP) is 5.36. The third-order valence-corrected chi connectivity index (χ3v) is 4.38. The lowest BCUT2D eigenvalue weighted by Crippen LogP contribution is -2.03. The van der Waals surface area contributed by atoms with Crippen LogP contribution in [0.3, 0.4) is 0 Å². The lowest BCUT2D eigenvalue weighted by atomic mass is 10.3. The smallest absolute Gasteiger partial charge is 0.205 e. The second-order valence-electron chi connectivity index (χ2n) is 4.69. The summed E-state index contributed by atoms with van der Waals surface area (Å²) >= 11 is -0.473. The van der Waals surface area contributed by atoms with Crippen LogP contribution in [0.5, 0.6) is 11.5 Å². The third kappa shape index (κ3) is 6.04. The molecule has 2 N–H and O–H groups in total. The maximum absolute atomic E-state index is 13.1. The van der Waals surface area contributed by atoms with Crippen molar-refractivity contribution in [2.24, 2.45) is 0 Å². The molecule has 2 aromatic rings. The molecule has 180 valence electrons. The molecule has 0 atom stereocenters. The zero-order chi connectivity index (χ0) is 24.6. The summed E-state index contributed by atoms with van der Waals surface area (Å²) in [6.45, 7) is 0. The molecular weight excluding hydrogens is 512 g/mol. The molecule has 0 spiro atoms. The first kappa shape index (κ1) is 28.0. The third-order valence-electron chi connectivity index (χ3n) is 3.07. The monoisotopic (exact) mass is 520 g/mol. The van der Waals surface area contributed by atoms with Crippen LogP contribution in [0.2, 0.25) is 0 Å². The Morgan fingerprint density at radius 2 is 0.750 bits per heavy atom. The van der Waals surface area contributed by atoms with E-state index in [1.807, 2.05) is 0 Å². The van der Waals surface area contributed by atoms with Gasteiger partial charge >= 0.3 is 0 Å². The van der Waals surface area contributed by atoms with Gasteiger partial charge in [0.25, 0.3) is 0 Å². The minimum absolute atomic E-state index is 0.237. The van der Waals surface area contributed by atoms with E-state index < -0.39 is 67.8 Å². The number of rotatable bonds is 8. The molecule has 0 unspecified atom stereocenters. The van der Waals surface area contributed by atoms with Gasteiger partial charge in [-0.15, -0.1) is 8.67 Å². The summed E-state index contributed by atoms with van der Waals surface area (Å²) in [5.41, 5.74) is 0. The van der Waals surface area contributed by atoms with Gasteiger partial charge in [0.15, 0.2) is 34.8 Å². The molecule has 0 aliphatic rings. The van der Waals surface area contributed by atoms with E-state index >= 15 is 0 Å². The first-order chi connectivity index (χ1) is 15.1. The zero-order valence-electron chi connectivity index (χ0n) is 15.2. The van der Waals surface area contributed by atoms with Gasteiger partial charge in [-0.25, -0.2) is 28.1 Å². The van der Waals surface area contributed by atoms with Crippen molar-refractivity contribution in [3.05, 3.63) is 46.5 Å². The van der Waals surface area contributed by atoms with Crippen molar-refractivity contribution in [2.45, 2.75) is 9.79 Å². The van der Waals surface area contributed by atoms with Gasteiger partial charge in [0, 0.05) is 0 Å². The highest BCUT2D eigenvalue weighted by molar-refractivity contribution is 7.94. The van der Waals surface area contributed by atoms with Crippen LogP contribution in [0.25, 0.3) is 0 Å². The molecule has 0 aliphatic carbocycles. The van der Waals surface area contributed by atoms with E-state index in [0.29, 0.717) is 0 Å². The molecule has 0 bridgehead atoms.